The van der Waals surface area contributed by atoms with E-state index in [1.807, 2.05) is 46.1 Å². The van der Waals surface area contributed by atoms with E-state index >= 15 is 0 Å². The fourth-order valence-corrected chi connectivity index (χ4v) is 7.40. The lowest BCUT2D eigenvalue weighted by Crippen LogP contribution is -2.68. The number of carbonyl (C=O) groups is 6. The molecule has 2 saturated heterocycles. The molecule has 6 heterocycles. The Balaban J connectivity index is 0.00000118. The maximum absolute atomic E-state index is 12.2. The second-order valence-electron chi connectivity index (χ2n) is 14.5. The zero-order valence-electron chi connectivity index (χ0n) is 33.5. The molecule has 0 spiro atoms. The van der Waals surface area contributed by atoms with E-state index in [-0.39, 0.29) is 38.5 Å². The minimum absolute atomic E-state index is 0.0687. The summed E-state index contributed by atoms with van der Waals surface area (Å²) >= 11 is 0. The van der Waals surface area contributed by atoms with Crippen molar-refractivity contribution in [3.05, 3.63) is 53.0 Å². The number of hydrogen-bond acceptors (Lipinski definition) is 17. The highest BCUT2D eigenvalue weighted by atomic mass is 35.7. The van der Waals surface area contributed by atoms with Gasteiger partial charge >= 0.3 is 23.5 Å². The first-order chi connectivity index (χ1) is 29.2. The molecule has 20 nitrogen and oxygen atoms in total. The van der Waals surface area contributed by atoms with Crippen LogP contribution in [0.1, 0.15) is 116 Å². The zero-order valence-corrected chi connectivity index (χ0v) is 34.2. The SMILES string of the molecule is CCC1=C(c2nc3c(ccc[n+]3CCCCCC(=O)ON3C(=O)CCC3=O)o2)CCC/C1=c1\nc2c(o1)=CC=CN2CCCCCC(=O)ON1C(=O)CCC1=O.[O-][Cl+3]([O-])([O-])[O-]. The van der Waals surface area contributed by atoms with Crippen molar-refractivity contribution in [1.82, 2.24) is 20.1 Å². The van der Waals surface area contributed by atoms with Crippen molar-refractivity contribution in [2.75, 3.05) is 11.4 Å². The minimum Gasteiger partial charge on any atom is -0.435 e. The summed E-state index contributed by atoms with van der Waals surface area (Å²) in [6, 6.07) is 3.83. The molecule has 0 N–H and O–H groups in total. The molecule has 1 aliphatic carbocycles. The van der Waals surface area contributed by atoms with Gasteiger partial charge in [0.2, 0.25) is 11.1 Å². The summed E-state index contributed by atoms with van der Waals surface area (Å²) in [5, 5.41) is 1.17. The van der Waals surface area contributed by atoms with Crippen molar-refractivity contribution >= 4 is 69.8 Å². The molecule has 61 heavy (non-hydrogen) atoms. The van der Waals surface area contributed by atoms with Crippen molar-refractivity contribution in [3.63, 3.8) is 0 Å². The number of carbonyl (C=O) groups excluding carboxylic acids is 6. The van der Waals surface area contributed by atoms with Gasteiger partial charge in [-0.15, -0.1) is 20.4 Å². The van der Waals surface area contributed by atoms with Crippen LogP contribution >= 0.6 is 0 Å². The first-order valence-corrected chi connectivity index (χ1v) is 21.4. The molecular weight excluding hydrogens is 824 g/mol. The van der Waals surface area contributed by atoms with Gasteiger partial charge in [0.25, 0.3) is 23.6 Å². The molecule has 326 valence electrons. The van der Waals surface area contributed by atoms with Gasteiger partial charge in [-0.2, -0.15) is 4.98 Å². The van der Waals surface area contributed by atoms with E-state index in [0.29, 0.717) is 58.5 Å². The number of nitrogens with zero attached hydrogens (tertiary/aromatic N) is 6. The van der Waals surface area contributed by atoms with Gasteiger partial charge < -0.3 is 23.4 Å². The molecule has 0 aromatic carbocycles. The summed E-state index contributed by atoms with van der Waals surface area (Å²) in [7, 11) is -4.94. The number of hydrogen-bond donors (Lipinski definition) is 0. The van der Waals surface area contributed by atoms with E-state index in [1.54, 1.807) is 0 Å². The second kappa shape index (κ2) is 20.2. The van der Waals surface area contributed by atoms with Crippen LogP contribution in [-0.2, 0) is 45.0 Å². The molecule has 0 unspecified atom stereocenters. The molecule has 21 heteroatoms. The molecule has 3 aromatic heterocycles. The maximum Gasteiger partial charge on any atom is 0.370 e. The molecule has 0 bridgehead atoms. The van der Waals surface area contributed by atoms with Crippen molar-refractivity contribution < 1.29 is 80.7 Å². The first-order valence-electron chi connectivity index (χ1n) is 20.1. The van der Waals surface area contributed by atoms with Crippen LogP contribution in [0.3, 0.4) is 0 Å². The summed E-state index contributed by atoms with van der Waals surface area (Å²) in [5.41, 5.74) is 5.86. The van der Waals surface area contributed by atoms with E-state index in [9.17, 15) is 28.8 Å². The Kier molecular flexibility index (Phi) is 14.8. The van der Waals surface area contributed by atoms with Gasteiger partial charge in [-0.05, 0) is 87.6 Å². The van der Waals surface area contributed by atoms with Crippen molar-refractivity contribution in [3.8, 4) is 0 Å². The third-order valence-electron chi connectivity index (χ3n) is 10.2. The van der Waals surface area contributed by atoms with Crippen LogP contribution in [0, 0.1) is 10.2 Å². The Bertz CT molecular complexity index is 2320. The van der Waals surface area contributed by atoms with Crippen molar-refractivity contribution in [1.29, 1.82) is 0 Å². The summed E-state index contributed by atoms with van der Waals surface area (Å²) in [4.78, 5) is 93.1. The van der Waals surface area contributed by atoms with E-state index in [2.05, 4.69) is 6.92 Å². The molecular formula is C40H45ClN6O14. The number of anilines is 1. The van der Waals surface area contributed by atoms with Crippen LogP contribution in [0.4, 0.5) is 5.82 Å². The standard InChI is InChI=1S/C40H45N6O10.ClHO4/c1-2-26-27(39-41-37-29(53-39)14-10-24-43(37)22-7-3-5-16-35(51)55-45-31(47)18-19-32(45)48)12-9-13-28(26)40-42-38-30(54-40)15-11-25-44(38)23-8-4-6-17-36(52)56-46-33(49)20-21-34(46)50;2-1(3,4)5/h10-11,14-15,24-25H,2-9,12-13,16-23H2,1H3;(H,2,3,4,5)/q+1;/p-1. The monoisotopic (exact) mass is 868 g/mol. The van der Waals surface area contributed by atoms with Gasteiger partial charge in [-0.1, -0.05) is 13.3 Å². The minimum atomic E-state index is -4.94. The summed E-state index contributed by atoms with van der Waals surface area (Å²) < 4.78 is 48.7. The molecule has 2 fully saturated rings. The molecule has 7 rings (SSSR count). The van der Waals surface area contributed by atoms with Crippen LogP contribution in [0.2, 0.25) is 0 Å². The Morgan fingerprint density at radius 1 is 0.787 bits per heavy atom. The highest BCUT2D eigenvalue weighted by Crippen LogP contribution is 2.38. The van der Waals surface area contributed by atoms with Gasteiger partial charge in [0.05, 0.1) is 12.7 Å². The van der Waals surface area contributed by atoms with Gasteiger partial charge in [0.15, 0.2) is 11.2 Å². The number of aryl methyl sites for hydroxylation is 1. The van der Waals surface area contributed by atoms with Crippen LogP contribution in [-0.4, -0.2) is 62.2 Å². The number of aromatic nitrogens is 3. The quantitative estimate of drug-likeness (QED) is 0.0948. The van der Waals surface area contributed by atoms with E-state index in [1.165, 1.54) is 0 Å². The lowest BCUT2D eigenvalue weighted by Gasteiger charge is -2.19. The summed E-state index contributed by atoms with van der Waals surface area (Å²) in [6.07, 6.45) is 15.7. The van der Waals surface area contributed by atoms with E-state index < -0.39 is 45.8 Å². The van der Waals surface area contributed by atoms with Gasteiger partial charge in [0, 0.05) is 67.4 Å². The predicted molar refractivity (Wildman–Crippen MR) is 197 cm³/mol. The van der Waals surface area contributed by atoms with Crippen LogP contribution in [0.25, 0.3) is 28.5 Å². The van der Waals surface area contributed by atoms with Crippen LogP contribution < -0.4 is 39.1 Å². The van der Waals surface area contributed by atoms with E-state index in [4.69, 9.17) is 47.1 Å². The molecule has 3 aromatic rings. The number of oxazole rings is 2. The smallest absolute Gasteiger partial charge is 0.370 e. The topological polar surface area (TPSA) is 279 Å². The molecule has 0 saturated carbocycles. The predicted octanol–water partition coefficient (Wildman–Crippen LogP) is -1.00. The van der Waals surface area contributed by atoms with Gasteiger partial charge in [-0.3, -0.25) is 19.2 Å². The number of unbranched alkanes of at least 4 members (excludes halogenated alkanes) is 4. The Morgan fingerprint density at radius 3 is 1.98 bits per heavy atom. The van der Waals surface area contributed by atoms with Gasteiger partial charge in [-0.25, -0.2) is 32.8 Å². The third kappa shape index (κ3) is 11.7. The molecule has 0 atom stereocenters. The fraction of sp³-hybridized carbons (Fsp3) is 0.475. The maximum atomic E-state index is 12.2. The number of halogens is 1. The molecule has 0 radical (unpaired) electrons. The largest absolute Gasteiger partial charge is 0.435 e. The summed E-state index contributed by atoms with van der Waals surface area (Å²) in [6.45, 7) is 3.44. The normalized spacial score (nSPS) is 17.6. The molecule has 4 amide bonds. The van der Waals surface area contributed by atoms with Gasteiger partial charge in [0.1, 0.15) is 0 Å². The zero-order chi connectivity index (χ0) is 43.7. The Morgan fingerprint density at radius 2 is 1.38 bits per heavy atom. The fourth-order valence-electron chi connectivity index (χ4n) is 7.40. The molecule has 4 aliphatic rings. The average molecular weight is 869 g/mol. The number of rotatable bonds is 16. The highest BCUT2D eigenvalue weighted by molar-refractivity contribution is 6.02. The highest BCUT2D eigenvalue weighted by Gasteiger charge is 2.34. The van der Waals surface area contributed by atoms with E-state index in [0.717, 1.165) is 79.6 Å². The lowest BCUT2D eigenvalue weighted by atomic mass is 9.86. The van der Waals surface area contributed by atoms with Crippen molar-refractivity contribution in [2.45, 2.75) is 116 Å². The third-order valence-corrected chi connectivity index (χ3v) is 10.2. The Hall–Kier alpha value is -5.80. The van der Waals surface area contributed by atoms with Crippen molar-refractivity contribution in [2.24, 2.45) is 0 Å². The number of pyridine rings is 1. The van der Waals surface area contributed by atoms with Crippen LogP contribution in [0.5, 0.6) is 0 Å². The first kappa shape index (κ1) is 44.7. The number of fused-ring (bicyclic) bond motifs is 2. The van der Waals surface area contributed by atoms with Crippen LogP contribution in [0.15, 0.2) is 45.0 Å². The number of hydroxylamine groups is 4. The Labute approximate surface area is 350 Å². The number of allylic oxidation sites excluding steroid dienone is 3. The lowest BCUT2D eigenvalue weighted by molar-refractivity contribution is -2.00. The number of amides is 4. The number of imide groups is 2. The average Bonchev–Trinajstić information content (AvgIpc) is 4.01. The second-order valence-corrected chi connectivity index (χ2v) is 15.3. The summed E-state index contributed by atoms with van der Waals surface area (Å²) in [5.74, 6) is -1.79. The molecule has 3 aliphatic heterocycles.